The van der Waals surface area contributed by atoms with Crippen LogP contribution in [0.4, 0.5) is 11.4 Å². The summed E-state index contributed by atoms with van der Waals surface area (Å²) in [5.74, 6) is -0.0418. The Balaban J connectivity index is 1.90. The minimum Gasteiger partial charge on any atom is -0.369 e. The molecule has 4 nitrogen and oxygen atoms in total. The third-order valence-electron chi connectivity index (χ3n) is 5.78. The summed E-state index contributed by atoms with van der Waals surface area (Å²) in [6.45, 7) is 8.60. The van der Waals surface area contributed by atoms with Gasteiger partial charge in [0.25, 0.3) is 5.91 Å². The molecule has 2 aromatic rings. The summed E-state index contributed by atoms with van der Waals surface area (Å²) in [4.78, 5) is 14.9. The van der Waals surface area contributed by atoms with E-state index in [9.17, 15) is 10.1 Å². The van der Waals surface area contributed by atoms with Gasteiger partial charge in [-0.25, -0.2) is 0 Å². The molecular weight excluding hydrogens is 382 g/mol. The maximum absolute atomic E-state index is 12.6. The number of fused-ring (bicyclic) bond motifs is 1. The van der Waals surface area contributed by atoms with E-state index in [0.717, 1.165) is 17.5 Å². The highest BCUT2D eigenvalue weighted by Gasteiger charge is 2.33. The molecule has 0 saturated carbocycles. The van der Waals surface area contributed by atoms with Crippen LogP contribution in [0.2, 0.25) is 5.02 Å². The van der Waals surface area contributed by atoms with Crippen molar-refractivity contribution in [1.82, 2.24) is 0 Å². The number of halogens is 1. The van der Waals surface area contributed by atoms with Crippen molar-refractivity contribution in [2.45, 2.75) is 45.6 Å². The second-order valence-corrected chi connectivity index (χ2v) is 8.81. The molecule has 0 aromatic heterocycles. The van der Waals surface area contributed by atoms with Crippen molar-refractivity contribution in [2.75, 3.05) is 17.3 Å². The van der Waals surface area contributed by atoms with E-state index >= 15 is 0 Å². The van der Waals surface area contributed by atoms with Gasteiger partial charge in [-0.2, -0.15) is 5.26 Å². The molecule has 1 atom stereocenters. The predicted molar refractivity (Wildman–Crippen MR) is 120 cm³/mol. The number of aryl methyl sites for hydroxylation is 1. The Morgan fingerprint density at radius 1 is 1.31 bits per heavy atom. The largest absolute Gasteiger partial charge is 0.369 e. The van der Waals surface area contributed by atoms with Gasteiger partial charge in [0, 0.05) is 29.0 Å². The zero-order chi connectivity index (χ0) is 21.3. The zero-order valence-electron chi connectivity index (χ0n) is 17.5. The number of nitrogens with zero attached hydrogens (tertiary/aromatic N) is 2. The van der Waals surface area contributed by atoms with Gasteiger partial charge in [0.15, 0.2) is 0 Å². The van der Waals surface area contributed by atoms with Gasteiger partial charge in [-0.3, -0.25) is 4.79 Å². The molecule has 1 amide bonds. The highest BCUT2D eigenvalue weighted by Crippen LogP contribution is 2.42. The van der Waals surface area contributed by atoms with E-state index in [1.54, 1.807) is 18.2 Å². The molecule has 0 bridgehead atoms. The van der Waals surface area contributed by atoms with Crippen LogP contribution in [0.1, 0.15) is 49.8 Å². The summed E-state index contributed by atoms with van der Waals surface area (Å²) in [6, 6.07) is 13.4. The average Bonchev–Trinajstić information content (AvgIpc) is 2.66. The fourth-order valence-corrected chi connectivity index (χ4v) is 4.09. The minimum atomic E-state index is -0.443. The molecular formula is C24H26ClN3O. The Hall–Kier alpha value is -2.77. The number of amides is 1. The van der Waals surface area contributed by atoms with Crippen molar-refractivity contribution in [3.05, 3.63) is 63.7 Å². The van der Waals surface area contributed by atoms with Gasteiger partial charge < -0.3 is 10.2 Å². The van der Waals surface area contributed by atoms with Crippen LogP contribution >= 0.6 is 11.6 Å². The van der Waals surface area contributed by atoms with Gasteiger partial charge in [-0.05, 0) is 80.1 Å². The lowest BCUT2D eigenvalue weighted by Crippen LogP contribution is -2.45. The maximum atomic E-state index is 12.6. The van der Waals surface area contributed by atoms with Crippen molar-refractivity contribution in [1.29, 1.82) is 5.26 Å². The average molecular weight is 408 g/mol. The van der Waals surface area contributed by atoms with E-state index in [1.807, 2.05) is 25.1 Å². The highest BCUT2D eigenvalue weighted by atomic mass is 35.5. The number of hydrogen-bond donors (Lipinski definition) is 1. The number of carbonyl (C=O) groups excluding carboxylic acids is 1. The lowest BCUT2D eigenvalue weighted by atomic mass is 9.80. The molecule has 29 heavy (non-hydrogen) atoms. The minimum absolute atomic E-state index is 0.0569. The maximum Gasteiger partial charge on any atom is 0.266 e. The van der Waals surface area contributed by atoms with Gasteiger partial charge in [0.1, 0.15) is 11.6 Å². The first-order chi connectivity index (χ1) is 13.6. The van der Waals surface area contributed by atoms with Crippen molar-refractivity contribution >= 4 is 35.0 Å². The second kappa shape index (κ2) is 7.93. The number of nitriles is 1. The Morgan fingerprint density at radius 2 is 2.03 bits per heavy atom. The first kappa shape index (κ1) is 21.0. The van der Waals surface area contributed by atoms with Crippen molar-refractivity contribution < 1.29 is 4.79 Å². The second-order valence-electron chi connectivity index (χ2n) is 8.38. The Bertz CT molecular complexity index is 1030. The van der Waals surface area contributed by atoms with E-state index in [2.05, 4.69) is 50.2 Å². The lowest BCUT2D eigenvalue weighted by molar-refractivity contribution is -0.112. The van der Waals surface area contributed by atoms with E-state index in [-0.39, 0.29) is 11.1 Å². The van der Waals surface area contributed by atoms with Crippen LogP contribution in [0.3, 0.4) is 0 Å². The quantitative estimate of drug-likeness (QED) is 0.507. The molecule has 5 heteroatoms. The summed E-state index contributed by atoms with van der Waals surface area (Å²) in [5, 5.41) is 12.9. The van der Waals surface area contributed by atoms with Gasteiger partial charge >= 0.3 is 0 Å². The molecule has 1 N–H and O–H groups in total. The standard InChI is InChI=1S/C24H26ClN3O/c1-15-6-8-19(25)12-21(15)27-23(29)18(14-26)10-17-7-9-22-20(11-17)16(2)13-24(3,4)28(22)5/h6-12,16H,13H2,1-5H3,(H,27,29)/b18-10+. The van der Waals surface area contributed by atoms with Crippen LogP contribution in [0.25, 0.3) is 6.08 Å². The van der Waals surface area contributed by atoms with Crippen molar-refractivity contribution in [3.63, 3.8) is 0 Å². The summed E-state index contributed by atoms with van der Waals surface area (Å²) < 4.78 is 0. The van der Waals surface area contributed by atoms with E-state index in [1.165, 1.54) is 11.3 Å². The molecule has 0 saturated heterocycles. The van der Waals surface area contributed by atoms with Gasteiger partial charge in [-0.15, -0.1) is 0 Å². The first-order valence-corrected chi connectivity index (χ1v) is 10.1. The molecule has 2 aromatic carbocycles. The first-order valence-electron chi connectivity index (χ1n) is 9.69. The van der Waals surface area contributed by atoms with Crippen molar-refractivity contribution in [2.24, 2.45) is 0 Å². The fourth-order valence-electron chi connectivity index (χ4n) is 3.92. The fraction of sp³-hybridized carbons (Fsp3) is 0.333. The normalized spacial score (nSPS) is 18.0. The number of rotatable bonds is 3. The third kappa shape index (κ3) is 4.31. The number of anilines is 2. The molecule has 1 heterocycles. The van der Waals surface area contributed by atoms with Gasteiger partial charge in [-0.1, -0.05) is 30.7 Å². The molecule has 1 unspecified atom stereocenters. The van der Waals surface area contributed by atoms with Crippen LogP contribution in [0, 0.1) is 18.3 Å². The van der Waals surface area contributed by atoms with Gasteiger partial charge in [0.05, 0.1) is 0 Å². The van der Waals surface area contributed by atoms with Crippen LogP contribution in [-0.4, -0.2) is 18.5 Å². The van der Waals surface area contributed by atoms with Gasteiger partial charge in [0.2, 0.25) is 0 Å². The summed E-state index contributed by atoms with van der Waals surface area (Å²) in [7, 11) is 2.11. The molecule has 1 aliphatic rings. The monoisotopic (exact) mass is 407 g/mol. The van der Waals surface area contributed by atoms with E-state index in [0.29, 0.717) is 16.6 Å². The van der Waals surface area contributed by atoms with Crippen LogP contribution in [0.15, 0.2) is 42.0 Å². The smallest absolute Gasteiger partial charge is 0.266 e. The summed E-state index contributed by atoms with van der Waals surface area (Å²) >= 11 is 6.02. The Morgan fingerprint density at radius 3 is 2.72 bits per heavy atom. The molecule has 150 valence electrons. The molecule has 0 radical (unpaired) electrons. The van der Waals surface area contributed by atoms with E-state index in [4.69, 9.17) is 11.6 Å². The molecule has 0 aliphatic carbocycles. The zero-order valence-corrected chi connectivity index (χ0v) is 18.3. The summed E-state index contributed by atoms with van der Waals surface area (Å²) in [6.07, 6.45) is 2.69. The summed E-state index contributed by atoms with van der Waals surface area (Å²) in [5.41, 5.74) is 4.92. The molecule has 0 fully saturated rings. The Kier molecular flexibility index (Phi) is 5.73. The van der Waals surface area contributed by atoms with E-state index < -0.39 is 5.91 Å². The molecule has 3 rings (SSSR count). The molecule has 1 aliphatic heterocycles. The lowest BCUT2D eigenvalue weighted by Gasteiger charge is -2.45. The number of nitrogens with one attached hydrogen (secondary N) is 1. The highest BCUT2D eigenvalue weighted by molar-refractivity contribution is 6.31. The Labute approximate surface area is 177 Å². The SMILES string of the molecule is Cc1ccc(Cl)cc1NC(=O)/C(C#N)=C/c1ccc2c(c1)C(C)CC(C)(C)N2C. The number of hydrogen-bond acceptors (Lipinski definition) is 3. The van der Waals surface area contributed by atoms with Crippen LogP contribution < -0.4 is 10.2 Å². The third-order valence-corrected chi connectivity index (χ3v) is 6.02. The van der Waals surface area contributed by atoms with Crippen LogP contribution in [0.5, 0.6) is 0 Å². The predicted octanol–water partition coefficient (Wildman–Crippen LogP) is 5.92. The number of benzene rings is 2. The number of carbonyl (C=O) groups is 1. The van der Waals surface area contributed by atoms with Crippen molar-refractivity contribution in [3.8, 4) is 6.07 Å². The topological polar surface area (TPSA) is 56.1 Å². The molecule has 0 spiro atoms. The van der Waals surface area contributed by atoms with Crippen LogP contribution in [-0.2, 0) is 4.79 Å².